The molecule has 152 valence electrons. The second-order valence-corrected chi connectivity index (χ2v) is 8.15. The Kier molecular flexibility index (Phi) is 6.27. The number of piperazine rings is 1. The van der Waals surface area contributed by atoms with E-state index in [0.717, 1.165) is 59.4 Å². The van der Waals surface area contributed by atoms with E-state index in [9.17, 15) is 4.79 Å². The molecule has 29 heavy (non-hydrogen) atoms. The lowest BCUT2D eigenvalue weighted by Gasteiger charge is -2.34. The summed E-state index contributed by atoms with van der Waals surface area (Å²) in [5, 5.41) is 4.09. The fourth-order valence-corrected chi connectivity index (χ4v) is 4.61. The Hall–Kier alpha value is -2.64. The summed E-state index contributed by atoms with van der Waals surface area (Å²) in [6.45, 7) is 5.40. The van der Waals surface area contributed by atoms with E-state index < -0.39 is 0 Å². The number of amides is 1. The number of methoxy groups -OCH3 is 1. The number of anilines is 1. The molecule has 1 N–H and O–H groups in total. The maximum absolute atomic E-state index is 12.1. The Bertz CT molecular complexity index is 952. The van der Waals surface area contributed by atoms with Gasteiger partial charge in [0.1, 0.15) is 11.3 Å². The molecule has 0 spiro atoms. The van der Waals surface area contributed by atoms with Crippen molar-refractivity contribution in [2.24, 2.45) is 0 Å². The van der Waals surface area contributed by atoms with Gasteiger partial charge in [-0.1, -0.05) is 47.7 Å². The van der Waals surface area contributed by atoms with Crippen molar-refractivity contribution in [2.45, 2.75) is 6.42 Å². The summed E-state index contributed by atoms with van der Waals surface area (Å²) in [7, 11) is 1.69. The van der Waals surface area contributed by atoms with Gasteiger partial charge in [-0.05, 0) is 17.7 Å². The fourth-order valence-electron chi connectivity index (χ4n) is 3.57. The van der Waals surface area contributed by atoms with Crippen LogP contribution < -0.4 is 15.0 Å². The first kappa shape index (κ1) is 19.7. The third-order valence-corrected chi connectivity index (χ3v) is 6.27. The first-order chi connectivity index (χ1) is 14.2. The summed E-state index contributed by atoms with van der Waals surface area (Å²) < 4.78 is 6.58. The second-order valence-electron chi connectivity index (χ2n) is 7.14. The Morgan fingerprint density at radius 1 is 1.10 bits per heavy atom. The maximum atomic E-state index is 12.1. The summed E-state index contributed by atoms with van der Waals surface area (Å²) in [4.78, 5) is 21.6. The highest BCUT2D eigenvalue weighted by Crippen LogP contribution is 2.34. The number of carbonyl (C=O) groups excluding carboxylic acids is 1. The monoisotopic (exact) mass is 410 g/mol. The largest absolute Gasteiger partial charge is 0.494 e. The Morgan fingerprint density at radius 2 is 1.90 bits per heavy atom. The molecule has 0 unspecified atom stereocenters. The van der Waals surface area contributed by atoms with Gasteiger partial charge in [0.15, 0.2) is 5.13 Å². The van der Waals surface area contributed by atoms with Crippen LogP contribution in [0.3, 0.4) is 0 Å². The molecule has 1 saturated heterocycles. The summed E-state index contributed by atoms with van der Waals surface area (Å²) in [6.07, 6.45) is 0.440. The van der Waals surface area contributed by atoms with Crippen molar-refractivity contribution in [3.63, 3.8) is 0 Å². The number of nitrogens with zero attached hydrogens (tertiary/aromatic N) is 3. The van der Waals surface area contributed by atoms with Gasteiger partial charge in [-0.3, -0.25) is 9.69 Å². The summed E-state index contributed by atoms with van der Waals surface area (Å²) in [5.74, 6) is 0.910. The minimum absolute atomic E-state index is 0.0817. The van der Waals surface area contributed by atoms with Gasteiger partial charge in [0, 0.05) is 39.3 Å². The molecule has 1 fully saturated rings. The normalized spacial score (nSPS) is 14.9. The van der Waals surface area contributed by atoms with Crippen LogP contribution in [0.5, 0.6) is 5.75 Å². The van der Waals surface area contributed by atoms with Crippen molar-refractivity contribution in [1.29, 1.82) is 0 Å². The summed E-state index contributed by atoms with van der Waals surface area (Å²) in [5.41, 5.74) is 1.99. The molecule has 1 aliphatic heterocycles. The number of carbonyl (C=O) groups is 1. The molecule has 0 bridgehead atoms. The van der Waals surface area contributed by atoms with Gasteiger partial charge in [0.25, 0.3) is 0 Å². The number of fused-ring (bicyclic) bond motifs is 1. The van der Waals surface area contributed by atoms with Crippen LogP contribution in [-0.2, 0) is 11.2 Å². The zero-order valence-corrected chi connectivity index (χ0v) is 17.5. The molecular weight excluding hydrogens is 384 g/mol. The van der Waals surface area contributed by atoms with E-state index in [1.807, 2.05) is 42.5 Å². The van der Waals surface area contributed by atoms with Crippen molar-refractivity contribution < 1.29 is 9.53 Å². The van der Waals surface area contributed by atoms with Crippen LogP contribution in [0.25, 0.3) is 10.2 Å². The zero-order valence-electron chi connectivity index (χ0n) is 16.6. The van der Waals surface area contributed by atoms with Crippen LogP contribution in [0.2, 0.25) is 0 Å². The standard InChI is InChI=1S/C22H26N4O2S/c1-28-18-8-5-9-19-21(18)24-22(29-19)26-14-12-25(13-15-26)11-10-23-20(27)16-17-6-3-2-4-7-17/h2-9H,10-16H2,1H3,(H,23,27). The highest BCUT2D eigenvalue weighted by molar-refractivity contribution is 7.22. The minimum Gasteiger partial charge on any atom is -0.494 e. The number of nitrogens with one attached hydrogen (secondary N) is 1. The van der Waals surface area contributed by atoms with E-state index in [1.54, 1.807) is 18.4 Å². The number of para-hydroxylation sites is 1. The van der Waals surface area contributed by atoms with E-state index >= 15 is 0 Å². The maximum Gasteiger partial charge on any atom is 0.224 e. The number of hydrogen-bond acceptors (Lipinski definition) is 6. The molecule has 3 aromatic rings. The third kappa shape index (κ3) is 4.86. The van der Waals surface area contributed by atoms with E-state index in [1.165, 1.54) is 0 Å². The first-order valence-corrected chi connectivity index (χ1v) is 10.8. The third-order valence-electron chi connectivity index (χ3n) is 5.19. The quantitative estimate of drug-likeness (QED) is 0.649. The molecule has 7 heteroatoms. The van der Waals surface area contributed by atoms with E-state index in [0.29, 0.717) is 13.0 Å². The van der Waals surface area contributed by atoms with Gasteiger partial charge in [0.2, 0.25) is 5.91 Å². The van der Waals surface area contributed by atoms with Gasteiger partial charge in [-0.2, -0.15) is 0 Å². The SMILES string of the molecule is COc1cccc2sc(N3CCN(CCNC(=O)Cc4ccccc4)CC3)nc12. The molecule has 2 aromatic carbocycles. The van der Waals surface area contributed by atoms with Crippen molar-refractivity contribution in [3.05, 3.63) is 54.1 Å². The lowest BCUT2D eigenvalue weighted by atomic mass is 10.1. The van der Waals surface area contributed by atoms with Crippen LogP contribution in [-0.4, -0.2) is 62.2 Å². The molecule has 1 aromatic heterocycles. The topological polar surface area (TPSA) is 57.7 Å². The predicted octanol–water partition coefficient (Wildman–Crippen LogP) is 2.79. The molecule has 2 heterocycles. The molecular formula is C22H26N4O2S. The molecule has 0 radical (unpaired) electrons. The van der Waals surface area contributed by atoms with Crippen molar-refractivity contribution in [3.8, 4) is 5.75 Å². The zero-order chi connectivity index (χ0) is 20.1. The molecule has 4 rings (SSSR count). The highest BCUT2D eigenvalue weighted by Gasteiger charge is 2.20. The average Bonchev–Trinajstić information content (AvgIpc) is 3.19. The molecule has 1 aliphatic rings. The summed E-state index contributed by atoms with van der Waals surface area (Å²) >= 11 is 1.72. The van der Waals surface area contributed by atoms with Gasteiger partial charge in [0.05, 0.1) is 18.2 Å². The highest BCUT2D eigenvalue weighted by atomic mass is 32.1. The smallest absolute Gasteiger partial charge is 0.224 e. The number of aromatic nitrogens is 1. The predicted molar refractivity (Wildman–Crippen MR) is 118 cm³/mol. The second kappa shape index (κ2) is 9.24. The van der Waals surface area contributed by atoms with E-state index in [-0.39, 0.29) is 5.91 Å². The van der Waals surface area contributed by atoms with Crippen molar-refractivity contribution >= 4 is 32.6 Å². The van der Waals surface area contributed by atoms with Gasteiger partial charge >= 0.3 is 0 Å². The lowest BCUT2D eigenvalue weighted by molar-refractivity contribution is -0.120. The van der Waals surface area contributed by atoms with Crippen LogP contribution in [0, 0.1) is 0 Å². The molecule has 6 nitrogen and oxygen atoms in total. The molecule has 0 saturated carbocycles. The van der Waals surface area contributed by atoms with Gasteiger partial charge in [-0.15, -0.1) is 0 Å². The Morgan fingerprint density at radius 3 is 2.66 bits per heavy atom. The first-order valence-electron chi connectivity index (χ1n) is 9.94. The Balaban J connectivity index is 1.23. The molecule has 0 aliphatic carbocycles. The number of benzene rings is 2. The minimum atomic E-state index is 0.0817. The lowest BCUT2D eigenvalue weighted by Crippen LogP contribution is -2.48. The van der Waals surface area contributed by atoms with Crippen LogP contribution in [0.1, 0.15) is 5.56 Å². The van der Waals surface area contributed by atoms with Crippen LogP contribution >= 0.6 is 11.3 Å². The van der Waals surface area contributed by atoms with Gasteiger partial charge < -0.3 is 15.0 Å². The number of hydrogen-bond donors (Lipinski definition) is 1. The van der Waals surface area contributed by atoms with E-state index in [2.05, 4.69) is 21.2 Å². The number of ether oxygens (including phenoxy) is 1. The molecule has 1 amide bonds. The van der Waals surface area contributed by atoms with Crippen LogP contribution in [0.4, 0.5) is 5.13 Å². The number of rotatable bonds is 7. The van der Waals surface area contributed by atoms with Crippen molar-refractivity contribution in [1.82, 2.24) is 15.2 Å². The summed E-state index contributed by atoms with van der Waals surface area (Å²) in [6, 6.07) is 15.9. The number of thiazole rings is 1. The Labute approximate surface area is 175 Å². The molecule has 0 atom stereocenters. The van der Waals surface area contributed by atoms with Gasteiger partial charge in [-0.25, -0.2) is 4.98 Å². The van der Waals surface area contributed by atoms with E-state index in [4.69, 9.17) is 9.72 Å². The van der Waals surface area contributed by atoms with Crippen LogP contribution in [0.15, 0.2) is 48.5 Å². The fraction of sp³-hybridized carbons (Fsp3) is 0.364. The van der Waals surface area contributed by atoms with Crippen molar-refractivity contribution in [2.75, 3.05) is 51.3 Å². The average molecular weight is 411 g/mol.